The third-order valence-electron chi connectivity index (χ3n) is 10.3. The maximum atomic E-state index is 2.69. The Morgan fingerprint density at radius 2 is 0.880 bits per heavy atom. The van der Waals surface area contributed by atoms with Gasteiger partial charge in [0.2, 0.25) is 0 Å². The summed E-state index contributed by atoms with van der Waals surface area (Å²) in [6, 6.07) is 33.4. The van der Waals surface area contributed by atoms with Gasteiger partial charge in [-0.15, -0.1) is 24.8 Å². The first-order chi connectivity index (χ1) is 22.4. The molecule has 0 aromatic heterocycles. The van der Waals surface area contributed by atoms with Crippen molar-refractivity contribution in [2.75, 3.05) is 0 Å². The smallest absolute Gasteiger partial charge is 0.147 e. The first-order valence-corrected chi connectivity index (χ1v) is 21.8. The van der Waals surface area contributed by atoms with E-state index in [-0.39, 0.29) is 46.5 Å². The van der Waals surface area contributed by atoms with E-state index >= 15 is 0 Å². The predicted octanol–water partition coefficient (Wildman–Crippen LogP) is 13.5. The van der Waals surface area contributed by atoms with Gasteiger partial charge in [-0.25, -0.2) is 0 Å². The van der Waals surface area contributed by atoms with E-state index in [1.807, 2.05) is 0 Å². The Morgan fingerprint density at radius 3 is 1.20 bits per heavy atom. The second-order valence-corrected chi connectivity index (χ2v) is 24.5. The summed E-state index contributed by atoms with van der Waals surface area (Å²) >= 11 is -2.81. The van der Waals surface area contributed by atoms with Crippen molar-refractivity contribution in [2.45, 2.75) is 115 Å². The Kier molecular flexibility index (Phi) is 11.8. The van der Waals surface area contributed by atoms with Crippen LogP contribution in [0.1, 0.15) is 138 Å². The van der Waals surface area contributed by atoms with Gasteiger partial charge in [0, 0.05) is 0 Å². The molecule has 2 aliphatic carbocycles. The van der Waals surface area contributed by atoms with Gasteiger partial charge >= 0.3 is 301 Å². The molecule has 0 aliphatic heterocycles. The Balaban J connectivity index is 0.00000281. The van der Waals surface area contributed by atoms with Crippen LogP contribution >= 0.6 is 24.8 Å². The van der Waals surface area contributed by atoms with E-state index in [1.165, 1.54) is 44.5 Å². The average Bonchev–Trinajstić information content (AvgIpc) is 3.64. The van der Waals surface area contributed by atoms with E-state index in [2.05, 4.69) is 186 Å². The molecular formula is C47H58Cl2Zr. The third kappa shape index (κ3) is 7.73. The monoisotopic (exact) mass is 782 g/mol. The van der Waals surface area contributed by atoms with Crippen LogP contribution in [0.3, 0.4) is 0 Å². The van der Waals surface area contributed by atoms with Crippen LogP contribution in [0.5, 0.6) is 0 Å². The maximum absolute atomic E-state index is 2.81. The average molecular weight is 785 g/mol. The van der Waals surface area contributed by atoms with Crippen molar-refractivity contribution in [3.05, 3.63) is 151 Å². The van der Waals surface area contributed by atoms with E-state index in [0.717, 1.165) is 6.42 Å². The molecule has 0 saturated carbocycles. The predicted molar refractivity (Wildman–Crippen MR) is 221 cm³/mol. The standard InChI is InChI=1S/C29H41.C13H10.C5H5.2ClH.Zr/c1-26(2,3)22-14-18-13-19-15-23(27(4,5)6)25(29(10,11)12)17-21(19)20(18)16-24(22)28(7,8)9;1-3-7-12(8-4-1)11-13-9-5-2-6-10-13;1-2-4-5-3-1;;;/h13-17H,1-12H3;1-10H;1-3H,4H2;2*1H;. The summed E-state index contributed by atoms with van der Waals surface area (Å²) in [5.74, 6) is 0. The molecule has 0 radical (unpaired) electrons. The van der Waals surface area contributed by atoms with Gasteiger partial charge in [0.05, 0.1) is 0 Å². The molecule has 0 nitrogen and oxygen atoms in total. The zero-order valence-electron chi connectivity index (χ0n) is 32.4. The molecule has 0 bridgehead atoms. The van der Waals surface area contributed by atoms with Crippen molar-refractivity contribution in [3.8, 4) is 11.1 Å². The Morgan fingerprint density at radius 1 is 0.520 bits per heavy atom. The van der Waals surface area contributed by atoms with Crippen LogP contribution in [0.4, 0.5) is 0 Å². The molecule has 0 spiro atoms. The van der Waals surface area contributed by atoms with Crippen molar-refractivity contribution in [1.29, 1.82) is 0 Å². The number of fused-ring (bicyclic) bond motifs is 3. The zero-order valence-corrected chi connectivity index (χ0v) is 36.5. The van der Waals surface area contributed by atoms with Gasteiger partial charge in [0.25, 0.3) is 0 Å². The number of hydrogen-bond acceptors (Lipinski definition) is 0. The van der Waals surface area contributed by atoms with Gasteiger partial charge in [-0.05, 0) is 0 Å². The van der Waals surface area contributed by atoms with Gasteiger partial charge in [-0.3, -0.25) is 0 Å². The van der Waals surface area contributed by atoms with E-state index in [0.29, 0.717) is 3.63 Å². The largest absolute Gasteiger partial charge is 0.147 e. The van der Waals surface area contributed by atoms with Crippen LogP contribution in [-0.2, 0) is 42.9 Å². The molecule has 0 saturated heterocycles. The third-order valence-corrected chi connectivity index (χ3v) is 18.6. The summed E-state index contributed by atoms with van der Waals surface area (Å²) in [5.41, 5.74) is 15.0. The SMILES string of the molecule is CC(C)(C)c1cc2c(cc1C(C)(C)C)[CH]([Zr]([C]1=CC=CC1)=[C](c1ccccc1)c1ccccc1)c1cc(C(C)(C)C)c(C(C)(C)C)cc1-2.Cl.Cl. The first kappa shape index (κ1) is 40.5. The van der Waals surface area contributed by atoms with Crippen LogP contribution in [0.2, 0.25) is 0 Å². The molecule has 50 heavy (non-hydrogen) atoms. The molecule has 264 valence electrons. The summed E-state index contributed by atoms with van der Waals surface area (Å²) in [5, 5.41) is 0. The maximum Gasteiger partial charge on any atom is -0.147 e. The number of benzene rings is 4. The van der Waals surface area contributed by atoms with Gasteiger partial charge in [-0.2, -0.15) is 0 Å². The van der Waals surface area contributed by atoms with Gasteiger partial charge in [0.1, 0.15) is 0 Å². The fourth-order valence-electron chi connectivity index (χ4n) is 7.96. The van der Waals surface area contributed by atoms with Crippen molar-refractivity contribution < 1.29 is 21.3 Å². The van der Waals surface area contributed by atoms with Crippen LogP contribution < -0.4 is 0 Å². The molecule has 2 aliphatic rings. The van der Waals surface area contributed by atoms with Crippen LogP contribution in [-0.4, -0.2) is 3.21 Å². The minimum Gasteiger partial charge on any atom is -0.147 e. The molecule has 0 N–H and O–H groups in total. The second kappa shape index (κ2) is 14.6. The normalized spacial score (nSPS) is 14.4. The minimum atomic E-state index is -2.81. The van der Waals surface area contributed by atoms with Crippen LogP contribution in [0.15, 0.2) is 106 Å². The quantitative estimate of drug-likeness (QED) is 0.193. The molecule has 0 fully saturated rings. The summed E-state index contributed by atoms with van der Waals surface area (Å²) in [6.45, 7) is 28.8. The summed E-state index contributed by atoms with van der Waals surface area (Å²) in [7, 11) is 0. The molecule has 0 amide bonds. The number of rotatable bonds is 4. The van der Waals surface area contributed by atoms with Crippen molar-refractivity contribution in [3.63, 3.8) is 0 Å². The number of halogens is 2. The molecule has 3 heteroatoms. The number of allylic oxidation sites excluding steroid dienone is 4. The molecule has 0 unspecified atom stereocenters. The summed E-state index contributed by atoms with van der Waals surface area (Å²) < 4.78 is 3.69. The van der Waals surface area contributed by atoms with Gasteiger partial charge in [0.15, 0.2) is 0 Å². The van der Waals surface area contributed by atoms with Crippen molar-refractivity contribution >= 4 is 28.0 Å². The fraction of sp³-hybridized carbons (Fsp3) is 0.383. The topological polar surface area (TPSA) is 0 Å². The Bertz CT molecular complexity index is 1830. The van der Waals surface area contributed by atoms with E-state index in [4.69, 9.17) is 0 Å². The fourth-order valence-corrected chi connectivity index (χ4v) is 16.9. The summed E-state index contributed by atoms with van der Waals surface area (Å²) in [6.07, 6.45) is 8.29. The van der Waals surface area contributed by atoms with Crippen LogP contribution in [0.25, 0.3) is 11.1 Å². The van der Waals surface area contributed by atoms with Crippen molar-refractivity contribution in [1.82, 2.24) is 0 Å². The van der Waals surface area contributed by atoms with E-state index in [9.17, 15) is 0 Å². The van der Waals surface area contributed by atoms with Gasteiger partial charge in [-0.1, -0.05) is 0 Å². The number of hydrogen-bond donors (Lipinski definition) is 0. The van der Waals surface area contributed by atoms with E-state index in [1.54, 1.807) is 17.6 Å². The van der Waals surface area contributed by atoms with Crippen molar-refractivity contribution in [2.24, 2.45) is 0 Å². The summed E-state index contributed by atoms with van der Waals surface area (Å²) in [4.78, 5) is 0. The Labute approximate surface area is 323 Å². The molecule has 0 heterocycles. The zero-order chi connectivity index (χ0) is 34.8. The molecule has 4 aromatic carbocycles. The minimum absolute atomic E-state index is 0. The van der Waals surface area contributed by atoms with E-state index < -0.39 is 21.3 Å². The Hall–Kier alpha value is -2.31. The first-order valence-electron chi connectivity index (χ1n) is 18.0. The van der Waals surface area contributed by atoms with Gasteiger partial charge < -0.3 is 0 Å². The molecule has 0 atom stereocenters. The molecule has 4 aromatic rings. The van der Waals surface area contributed by atoms with Crippen LogP contribution in [0, 0.1) is 0 Å². The molecular weight excluding hydrogens is 727 g/mol. The second-order valence-electron chi connectivity index (χ2n) is 18.2. The molecule has 6 rings (SSSR count).